The third kappa shape index (κ3) is 3.53. The Morgan fingerprint density at radius 2 is 2.26 bits per heavy atom. The molecule has 2 unspecified atom stereocenters. The van der Waals surface area contributed by atoms with Crippen LogP contribution in [-0.2, 0) is 17.9 Å². The summed E-state index contributed by atoms with van der Waals surface area (Å²) in [6.45, 7) is 3.26. The maximum absolute atomic E-state index is 12.2. The highest BCUT2D eigenvalue weighted by Gasteiger charge is 2.26. The van der Waals surface area contributed by atoms with Crippen LogP contribution in [0.5, 0.6) is 0 Å². The van der Waals surface area contributed by atoms with Gasteiger partial charge in [-0.3, -0.25) is 4.79 Å². The summed E-state index contributed by atoms with van der Waals surface area (Å²) in [6.07, 6.45) is 6.93. The maximum atomic E-state index is 12.2. The molecule has 1 aliphatic rings. The molecule has 0 radical (unpaired) electrons. The molecular formula is C13H23N5O. The molecule has 1 aromatic rings. The first kappa shape index (κ1) is 14.0. The van der Waals surface area contributed by atoms with Gasteiger partial charge in [0.25, 0.3) is 0 Å². The van der Waals surface area contributed by atoms with E-state index in [1.807, 2.05) is 11.5 Å². The van der Waals surface area contributed by atoms with E-state index in [-0.39, 0.29) is 17.9 Å². The lowest BCUT2D eigenvalue weighted by atomic mass is 9.94. The van der Waals surface area contributed by atoms with Crippen molar-refractivity contribution in [1.82, 2.24) is 20.1 Å². The van der Waals surface area contributed by atoms with Crippen LogP contribution >= 0.6 is 0 Å². The van der Waals surface area contributed by atoms with Crippen LogP contribution in [0.3, 0.4) is 0 Å². The summed E-state index contributed by atoms with van der Waals surface area (Å²) in [6, 6.07) is -0.00783. The second-order valence-corrected chi connectivity index (χ2v) is 5.16. The zero-order valence-corrected chi connectivity index (χ0v) is 11.5. The van der Waals surface area contributed by atoms with E-state index in [0.29, 0.717) is 6.54 Å². The highest BCUT2D eigenvalue weighted by Crippen LogP contribution is 2.22. The second-order valence-electron chi connectivity index (χ2n) is 5.16. The first-order valence-corrected chi connectivity index (χ1v) is 7.12. The summed E-state index contributed by atoms with van der Waals surface area (Å²) in [5.74, 6) is 0.790. The zero-order chi connectivity index (χ0) is 13.7. The predicted octanol–water partition coefficient (Wildman–Crippen LogP) is 0.822. The fraction of sp³-hybridized carbons (Fsp3) is 0.769. The molecule has 1 amide bonds. The normalized spacial score (nSPS) is 23.9. The molecule has 1 saturated carbocycles. The van der Waals surface area contributed by atoms with Gasteiger partial charge in [0.05, 0.1) is 12.5 Å². The van der Waals surface area contributed by atoms with Gasteiger partial charge in [-0.25, -0.2) is 0 Å². The molecule has 2 atom stereocenters. The van der Waals surface area contributed by atoms with Crippen molar-refractivity contribution in [3.05, 3.63) is 12.2 Å². The van der Waals surface area contributed by atoms with Crippen LogP contribution in [0.25, 0.3) is 0 Å². The van der Waals surface area contributed by atoms with Crippen molar-refractivity contribution < 1.29 is 4.79 Å². The van der Waals surface area contributed by atoms with Gasteiger partial charge >= 0.3 is 0 Å². The average Bonchev–Trinajstić information content (AvgIpc) is 2.76. The molecule has 106 valence electrons. The standard InChI is InChI=1S/C13H23N5O/c1-2-18-9-16-17-12(18)8-15-13(19)10-6-4-3-5-7-11(10)14/h9-11H,2-8,14H2,1H3,(H,15,19). The van der Waals surface area contributed by atoms with Crippen LogP contribution in [0.2, 0.25) is 0 Å². The van der Waals surface area contributed by atoms with E-state index < -0.39 is 0 Å². The van der Waals surface area contributed by atoms with Crippen LogP contribution < -0.4 is 11.1 Å². The van der Waals surface area contributed by atoms with Gasteiger partial charge < -0.3 is 15.6 Å². The molecule has 19 heavy (non-hydrogen) atoms. The highest BCUT2D eigenvalue weighted by atomic mass is 16.1. The summed E-state index contributed by atoms with van der Waals surface area (Å²) < 4.78 is 1.92. The van der Waals surface area contributed by atoms with E-state index >= 15 is 0 Å². The Morgan fingerprint density at radius 1 is 1.47 bits per heavy atom. The number of hydrogen-bond donors (Lipinski definition) is 2. The van der Waals surface area contributed by atoms with Gasteiger partial charge in [-0.1, -0.05) is 19.3 Å². The number of carbonyl (C=O) groups excluding carboxylic acids is 1. The van der Waals surface area contributed by atoms with Crippen LogP contribution in [0, 0.1) is 5.92 Å². The number of aryl methyl sites for hydroxylation is 1. The summed E-state index contributed by atoms with van der Waals surface area (Å²) in [4.78, 5) is 12.2. The minimum Gasteiger partial charge on any atom is -0.349 e. The molecule has 0 spiro atoms. The molecule has 6 nitrogen and oxygen atoms in total. The van der Waals surface area contributed by atoms with Gasteiger partial charge in [0.1, 0.15) is 6.33 Å². The third-order valence-corrected chi connectivity index (χ3v) is 3.86. The summed E-state index contributed by atoms with van der Waals surface area (Å²) >= 11 is 0. The van der Waals surface area contributed by atoms with Crippen molar-refractivity contribution in [1.29, 1.82) is 0 Å². The first-order chi connectivity index (χ1) is 9.22. The Kier molecular flexibility index (Phi) is 4.90. The monoisotopic (exact) mass is 265 g/mol. The lowest BCUT2D eigenvalue weighted by molar-refractivity contribution is -0.126. The molecule has 1 fully saturated rings. The summed E-state index contributed by atoms with van der Waals surface area (Å²) in [5, 5.41) is 10.8. The first-order valence-electron chi connectivity index (χ1n) is 7.12. The topological polar surface area (TPSA) is 85.8 Å². The Hall–Kier alpha value is -1.43. The van der Waals surface area contributed by atoms with Gasteiger partial charge in [-0.05, 0) is 19.8 Å². The SMILES string of the molecule is CCn1cnnc1CNC(=O)C1CCCCCC1N. The number of nitrogens with two attached hydrogens (primary N) is 1. The minimum atomic E-state index is -0.0551. The van der Waals surface area contributed by atoms with Crippen molar-refractivity contribution in [2.45, 2.75) is 58.2 Å². The molecule has 6 heteroatoms. The van der Waals surface area contributed by atoms with Crippen LogP contribution in [-0.4, -0.2) is 26.7 Å². The van der Waals surface area contributed by atoms with E-state index in [1.54, 1.807) is 6.33 Å². The number of hydrogen-bond acceptors (Lipinski definition) is 4. The Morgan fingerprint density at radius 3 is 3.05 bits per heavy atom. The third-order valence-electron chi connectivity index (χ3n) is 3.86. The van der Waals surface area contributed by atoms with E-state index in [2.05, 4.69) is 15.5 Å². The fourth-order valence-corrected chi connectivity index (χ4v) is 2.64. The zero-order valence-electron chi connectivity index (χ0n) is 11.5. The Balaban J connectivity index is 1.89. The van der Waals surface area contributed by atoms with Crippen molar-refractivity contribution in [2.75, 3.05) is 0 Å². The number of rotatable bonds is 4. The van der Waals surface area contributed by atoms with Crippen LogP contribution in [0.4, 0.5) is 0 Å². The van der Waals surface area contributed by atoms with Crippen LogP contribution in [0.15, 0.2) is 6.33 Å². The Bertz CT molecular complexity index is 417. The van der Waals surface area contributed by atoms with Crippen molar-refractivity contribution in [2.24, 2.45) is 11.7 Å². The van der Waals surface area contributed by atoms with Gasteiger partial charge in [-0.15, -0.1) is 10.2 Å². The lowest BCUT2D eigenvalue weighted by Crippen LogP contribution is -2.41. The molecule has 0 aliphatic heterocycles. The number of nitrogens with zero attached hydrogens (tertiary/aromatic N) is 3. The minimum absolute atomic E-state index is 0.00783. The number of amides is 1. The molecule has 2 rings (SSSR count). The average molecular weight is 265 g/mol. The number of nitrogens with one attached hydrogen (secondary N) is 1. The molecular weight excluding hydrogens is 242 g/mol. The molecule has 1 aromatic heterocycles. The van der Waals surface area contributed by atoms with Crippen molar-refractivity contribution >= 4 is 5.91 Å². The number of aromatic nitrogens is 3. The van der Waals surface area contributed by atoms with Crippen LogP contribution in [0.1, 0.15) is 44.9 Å². The summed E-state index contributed by atoms with van der Waals surface area (Å²) in [5.41, 5.74) is 6.09. The summed E-state index contributed by atoms with van der Waals surface area (Å²) in [7, 11) is 0. The van der Waals surface area contributed by atoms with Gasteiger partial charge in [-0.2, -0.15) is 0 Å². The highest BCUT2D eigenvalue weighted by molar-refractivity contribution is 5.79. The van der Waals surface area contributed by atoms with Crippen molar-refractivity contribution in [3.63, 3.8) is 0 Å². The van der Waals surface area contributed by atoms with Gasteiger partial charge in [0.2, 0.25) is 5.91 Å². The molecule has 0 saturated heterocycles. The van der Waals surface area contributed by atoms with E-state index in [1.165, 1.54) is 6.42 Å². The lowest BCUT2D eigenvalue weighted by Gasteiger charge is -2.20. The second kappa shape index (κ2) is 6.65. The van der Waals surface area contributed by atoms with Gasteiger partial charge in [0, 0.05) is 12.6 Å². The largest absolute Gasteiger partial charge is 0.349 e. The fourth-order valence-electron chi connectivity index (χ4n) is 2.64. The smallest absolute Gasteiger partial charge is 0.225 e. The predicted molar refractivity (Wildman–Crippen MR) is 72.1 cm³/mol. The molecule has 1 aliphatic carbocycles. The molecule has 0 aromatic carbocycles. The maximum Gasteiger partial charge on any atom is 0.225 e. The van der Waals surface area contributed by atoms with E-state index in [9.17, 15) is 4.79 Å². The number of carbonyl (C=O) groups is 1. The van der Waals surface area contributed by atoms with Crippen molar-refractivity contribution in [3.8, 4) is 0 Å². The molecule has 3 N–H and O–H groups in total. The molecule has 1 heterocycles. The van der Waals surface area contributed by atoms with Gasteiger partial charge in [0.15, 0.2) is 5.82 Å². The molecule has 0 bridgehead atoms. The quantitative estimate of drug-likeness (QED) is 0.789. The van der Waals surface area contributed by atoms with E-state index in [0.717, 1.165) is 38.1 Å². The van der Waals surface area contributed by atoms with E-state index in [4.69, 9.17) is 5.73 Å². The Labute approximate surface area is 113 Å².